The largest absolute Gasteiger partial charge is 0.340 e. The van der Waals surface area contributed by atoms with Gasteiger partial charge in [0.25, 0.3) is 0 Å². The van der Waals surface area contributed by atoms with Gasteiger partial charge in [0.2, 0.25) is 5.91 Å². The fourth-order valence-corrected chi connectivity index (χ4v) is 4.59. The number of H-pyrrole nitrogens is 1. The first-order valence-electron chi connectivity index (χ1n) is 8.53. The van der Waals surface area contributed by atoms with Gasteiger partial charge in [0, 0.05) is 11.1 Å². The Hall–Kier alpha value is -3.27. The lowest BCUT2D eigenvalue weighted by Gasteiger charge is -2.16. The number of nitrogens with zero attached hydrogens (tertiary/aromatic N) is 5. The maximum atomic E-state index is 14.5. The number of hydrogen-bond acceptors (Lipinski definition) is 6. The summed E-state index contributed by atoms with van der Waals surface area (Å²) in [6.07, 6.45) is 2.91. The Morgan fingerprint density at radius 1 is 1.25 bits per heavy atom. The Balaban J connectivity index is 1.76. The smallest absolute Gasteiger partial charge is 0.235 e. The quantitative estimate of drug-likeness (QED) is 0.541. The first kappa shape index (κ1) is 16.9. The lowest BCUT2D eigenvalue weighted by Crippen LogP contribution is -2.16. The molecular weight excluding hydrogens is 381 g/mol. The van der Waals surface area contributed by atoms with E-state index in [0.717, 1.165) is 5.56 Å². The van der Waals surface area contributed by atoms with Crippen molar-refractivity contribution >= 4 is 34.7 Å². The molecular formula is C18H14FN7OS. The molecule has 8 nitrogen and oxygen atoms in total. The highest BCUT2D eigenvalue weighted by Gasteiger charge is 2.32. The fourth-order valence-electron chi connectivity index (χ4n) is 3.38. The summed E-state index contributed by atoms with van der Waals surface area (Å²) in [4.78, 5) is 28.0. The molecule has 4 heterocycles. The van der Waals surface area contributed by atoms with E-state index in [0.29, 0.717) is 34.1 Å². The third kappa shape index (κ3) is 2.56. The number of benzene rings is 1. The van der Waals surface area contributed by atoms with Crippen LogP contribution in [0.15, 0.2) is 36.9 Å². The SMILES string of the molecule is Cc1nn(-c2ncnc3nc[nH]c23)c2c1[C@H](c1ccccc1F)SCC(=O)N2. The second-order valence-corrected chi connectivity index (χ2v) is 7.41. The second kappa shape index (κ2) is 6.41. The number of fused-ring (bicyclic) bond motifs is 2. The highest BCUT2D eigenvalue weighted by Crippen LogP contribution is 2.44. The van der Waals surface area contributed by atoms with E-state index < -0.39 is 0 Å². The number of carbonyl (C=O) groups excluding carboxylic acids is 1. The molecule has 1 amide bonds. The van der Waals surface area contributed by atoms with Gasteiger partial charge in [-0.3, -0.25) is 4.79 Å². The molecule has 2 N–H and O–H groups in total. The number of nitrogens with one attached hydrogen (secondary N) is 2. The summed E-state index contributed by atoms with van der Waals surface area (Å²) in [7, 11) is 0. The highest BCUT2D eigenvalue weighted by atomic mass is 32.2. The van der Waals surface area contributed by atoms with E-state index in [2.05, 4.69) is 30.4 Å². The lowest BCUT2D eigenvalue weighted by atomic mass is 10.0. The van der Waals surface area contributed by atoms with Crippen molar-refractivity contribution in [3.63, 3.8) is 0 Å². The average molecular weight is 395 g/mol. The van der Waals surface area contributed by atoms with E-state index in [1.165, 1.54) is 30.5 Å². The van der Waals surface area contributed by atoms with Gasteiger partial charge in [0.15, 0.2) is 11.5 Å². The zero-order chi connectivity index (χ0) is 19.3. The Bertz CT molecular complexity index is 1220. The van der Waals surface area contributed by atoms with Crippen LogP contribution in [0.25, 0.3) is 17.0 Å². The summed E-state index contributed by atoms with van der Waals surface area (Å²) in [6.45, 7) is 1.84. The van der Waals surface area contributed by atoms with Crippen molar-refractivity contribution < 1.29 is 9.18 Å². The topological polar surface area (TPSA) is 101 Å². The maximum absolute atomic E-state index is 14.5. The molecule has 5 rings (SSSR count). The summed E-state index contributed by atoms with van der Waals surface area (Å²) in [6, 6.07) is 6.60. The Morgan fingerprint density at radius 2 is 2.11 bits per heavy atom. The molecule has 3 aromatic heterocycles. The fraction of sp³-hybridized carbons (Fsp3) is 0.167. The van der Waals surface area contributed by atoms with E-state index in [1.54, 1.807) is 22.9 Å². The Morgan fingerprint density at radius 3 is 2.96 bits per heavy atom. The van der Waals surface area contributed by atoms with Crippen LogP contribution in [0.4, 0.5) is 10.2 Å². The number of amides is 1. The minimum absolute atomic E-state index is 0.179. The van der Waals surface area contributed by atoms with Crippen LogP contribution >= 0.6 is 11.8 Å². The molecule has 1 aromatic carbocycles. The van der Waals surface area contributed by atoms with Crippen molar-refractivity contribution in [1.82, 2.24) is 29.7 Å². The minimum atomic E-state index is -0.372. The number of aromatic amines is 1. The summed E-state index contributed by atoms with van der Waals surface area (Å²) < 4.78 is 16.1. The van der Waals surface area contributed by atoms with E-state index in [4.69, 9.17) is 0 Å². The van der Waals surface area contributed by atoms with Crippen LogP contribution in [0.2, 0.25) is 0 Å². The van der Waals surface area contributed by atoms with E-state index in [9.17, 15) is 9.18 Å². The molecule has 4 aromatic rings. The van der Waals surface area contributed by atoms with Gasteiger partial charge in [-0.05, 0) is 13.0 Å². The van der Waals surface area contributed by atoms with E-state index in [-0.39, 0.29) is 22.7 Å². The minimum Gasteiger partial charge on any atom is -0.340 e. The zero-order valence-corrected chi connectivity index (χ0v) is 15.5. The summed E-state index contributed by atoms with van der Waals surface area (Å²) in [5.74, 6) is 0.657. The summed E-state index contributed by atoms with van der Waals surface area (Å²) in [5, 5.41) is 7.14. The van der Waals surface area contributed by atoms with Gasteiger partial charge in [-0.25, -0.2) is 19.3 Å². The van der Waals surface area contributed by atoms with Crippen LogP contribution < -0.4 is 5.32 Å². The molecule has 1 aliphatic rings. The maximum Gasteiger partial charge on any atom is 0.235 e. The van der Waals surface area contributed by atoms with Crippen LogP contribution in [0.5, 0.6) is 0 Å². The molecule has 1 atom stereocenters. The number of halogens is 1. The van der Waals surface area contributed by atoms with Crippen molar-refractivity contribution in [2.45, 2.75) is 12.2 Å². The second-order valence-electron chi connectivity index (χ2n) is 6.32. The number of aromatic nitrogens is 6. The number of hydrogen-bond donors (Lipinski definition) is 2. The number of aryl methyl sites for hydroxylation is 1. The molecule has 0 bridgehead atoms. The molecule has 0 saturated heterocycles. The van der Waals surface area contributed by atoms with Crippen molar-refractivity contribution in [1.29, 1.82) is 0 Å². The van der Waals surface area contributed by atoms with Gasteiger partial charge < -0.3 is 10.3 Å². The standard InChI is InChI=1S/C18H14FN7OS/c1-9-13-15(10-4-2-3-5-11(10)19)28-6-12(27)24-17(13)26(25-9)18-14-16(21-7-20-14)22-8-23-18/h2-5,7-8,15H,6H2,1H3,(H,24,27)(H,20,21,22,23)/t15-/m0/s1. The van der Waals surface area contributed by atoms with Crippen LogP contribution in [-0.2, 0) is 4.79 Å². The van der Waals surface area contributed by atoms with Crippen molar-refractivity contribution in [3.8, 4) is 5.82 Å². The number of thioether (sulfide) groups is 1. The van der Waals surface area contributed by atoms with Gasteiger partial charge in [0.05, 0.1) is 23.0 Å². The monoisotopic (exact) mass is 395 g/mol. The van der Waals surface area contributed by atoms with Gasteiger partial charge in [-0.15, -0.1) is 11.8 Å². The number of anilines is 1. The molecule has 0 radical (unpaired) electrons. The van der Waals surface area contributed by atoms with Gasteiger partial charge in [-0.1, -0.05) is 18.2 Å². The Kier molecular flexibility index (Phi) is 3.86. The molecule has 10 heteroatoms. The molecule has 0 spiro atoms. The molecule has 28 heavy (non-hydrogen) atoms. The number of rotatable bonds is 2. The normalized spacial score (nSPS) is 16.6. The number of carbonyl (C=O) groups is 1. The first-order chi connectivity index (χ1) is 13.6. The van der Waals surface area contributed by atoms with Gasteiger partial charge in [-0.2, -0.15) is 9.78 Å². The predicted octanol–water partition coefficient (Wildman–Crippen LogP) is 2.76. The molecule has 1 aliphatic heterocycles. The van der Waals surface area contributed by atoms with Crippen molar-refractivity contribution in [2.75, 3.05) is 11.1 Å². The molecule has 0 unspecified atom stereocenters. The molecule has 0 saturated carbocycles. The molecule has 0 fully saturated rings. The summed E-state index contributed by atoms with van der Waals surface area (Å²) in [5.41, 5.74) is 3.05. The van der Waals surface area contributed by atoms with Gasteiger partial charge in [0.1, 0.15) is 23.5 Å². The number of imidazole rings is 1. The average Bonchev–Trinajstić information content (AvgIpc) is 3.24. The van der Waals surface area contributed by atoms with Gasteiger partial charge >= 0.3 is 0 Å². The third-order valence-electron chi connectivity index (χ3n) is 4.60. The highest BCUT2D eigenvalue weighted by molar-refractivity contribution is 8.00. The van der Waals surface area contributed by atoms with Crippen molar-refractivity contribution in [3.05, 3.63) is 59.6 Å². The van der Waals surface area contributed by atoms with Crippen LogP contribution in [-0.4, -0.2) is 41.4 Å². The van der Waals surface area contributed by atoms with E-state index in [1.807, 2.05) is 6.92 Å². The summed E-state index contributed by atoms with van der Waals surface area (Å²) >= 11 is 1.37. The van der Waals surface area contributed by atoms with Crippen LogP contribution in [0, 0.1) is 12.7 Å². The predicted molar refractivity (Wildman–Crippen MR) is 103 cm³/mol. The lowest BCUT2D eigenvalue weighted by molar-refractivity contribution is -0.113. The molecule has 0 aliphatic carbocycles. The molecule has 140 valence electrons. The zero-order valence-electron chi connectivity index (χ0n) is 14.7. The van der Waals surface area contributed by atoms with Crippen molar-refractivity contribution in [2.24, 2.45) is 0 Å². The third-order valence-corrected chi connectivity index (χ3v) is 5.85. The van der Waals surface area contributed by atoms with E-state index >= 15 is 0 Å². The van der Waals surface area contributed by atoms with Crippen LogP contribution in [0.3, 0.4) is 0 Å². The first-order valence-corrected chi connectivity index (χ1v) is 9.58. The van der Waals surface area contributed by atoms with Crippen LogP contribution in [0.1, 0.15) is 22.1 Å². The Labute approximate surface area is 162 Å².